The van der Waals surface area contributed by atoms with Gasteiger partial charge in [-0.15, -0.1) is 0 Å². The molecule has 0 atom stereocenters. The SMILES string of the molecule is CCc1ccc(F)cc1OC(C)C. The molecule has 0 heterocycles. The summed E-state index contributed by atoms with van der Waals surface area (Å²) in [4.78, 5) is 0. The molecule has 1 nitrogen and oxygen atoms in total. The molecular formula is C11H15FO. The normalized spacial score (nSPS) is 10.5. The summed E-state index contributed by atoms with van der Waals surface area (Å²) in [6.07, 6.45) is 0.953. The van der Waals surface area contributed by atoms with Gasteiger partial charge in [0, 0.05) is 6.07 Å². The second kappa shape index (κ2) is 4.26. The lowest BCUT2D eigenvalue weighted by molar-refractivity contribution is 0.239. The molecule has 0 saturated heterocycles. The monoisotopic (exact) mass is 182 g/mol. The highest BCUT2D eigenvalue weighted by atomic mass is 19.1. The van der Waals surface area contributed by atoms with Crippen LogP contribution >= 0.6 is 0 Å². The maximum atomic E-state index is 12.9. The summed E-state index contributed by atoms with van der Waals surface area (Å²) in [5.41, 5.74) is 1.05. The Kier molecular flexibility index (Phi) is 3.29. The summed E-state index contributed by atoms with van der Waals surface area (Å²) in [6.45, 7) is 5.90. The van der Waals surface area contributed by atoms with Gasteiger partial charge in [-0.3, -0.25) is 0 Å². The van der Waals surface area contributed by atoms with Crippen LogP contribution < -0.4 is 4.74 Å². The molecule has 0 aliphatic carbocycles. The molecule has 0 unspecified atom stereocenters. The summed E-state index contributed by atoms with van der Waals surface area (Å²) >= 11 is 0. The molecule has 72 valence electrons. The van der Waals surface area contributed by atoms with Crippen molar-refractivity contribution >= 4 is 0 Å². The third-order valence-corrected chi connectivity index (χ3v) is 1.77. The first-order chi connectivity index (χ1) is 6.13. The Hall–Kier alpha value is -1.05. The number of hydrogen-bond donors (Lipinski definition) is 0. The van der Waals surface area contributed by atoms with Crippen LogP contribution in [-0.2, 0) is 6.42 Å². The van der Waals surface area contributed by atoms with Crippen molar-refractivity contribution in [1.29, 1.82) is 0 Å². The molecule has 1 aromatic rings. The van der Waals surface area contributed by atoms with Crippen LogP contribution in [0.3, 0.4) is 0 Å². The fourth-order valence-electron chi connectivity index (χ4n) is 1.18. The van der Waals surface area contributed by atoms with Crippen molar-refractivity contribution in [3.8, 4) is 5.75 Å². The Bertz CT molecular complexity index is 281. The molecule has 0 amide bonds. The number of benzene rings is 1. The molecular weight excluding hydrogens is 167 g/mol. The van der Waals surface area contributed by atoms with E-state index >= 15 is 0 Å². The first-order valence-electron chi connectivity index (χ1n) is 4.58. The molecule has 0 fully saturated rings. The Labute approximate surface area is 78.5 Å². The number of halogens is 1. The molecule has 0 spiro atoms. The van der Waals surface area contributed by atoms with Crippen molar-refractivity contribution in [2.24, 2.45) is 0 Å². The molecule has 0 N–H and O–H groups in total. The first kappa shape index (κ1) is 10.0. The van der Waals surface area contributed by atoms with Crippen LogP contribution in [0, 0.1) is 5.82 Å². The summed E-state index contributed by atoms with van der Waals surface area (Å²) in [5, 5.41) is 0. The lowest BCUT2D eigenvalue weighted by Gasteiger charge is -2.13. The van der Waals surface area contributed by atoms with E-state index in [-0.39, 0.29) is 11.9 Å². The zero-order chi connectivity index (χ0) is 9.84. The minimum absolute atomic E-state index is 0.0899. The molecule has 1 aromatic carbocycles. The fraction of sp³-hybridized carbons (Fsp3) is 0.455. The summed E-state index contributed by atoms with van der Waals surface area (Å²) in [5.74, 6) is 0.422. The largest absolute Gasteiger partial charge is 0.491 e. The second-order valence-corrected chi connectivity index (χ2v) is 3.27. The molecule has 0 aromatic heterocycles. The maximum Gasteiger partial charge on any atom is 0.126 e. The molecule has 2 heteroatoms. The predicted octanol–water partition coefficient (Wildman–Crippen LogP) is 3.18. The molecule has 0 radical (unpaired) electrons. The van der Waals surface area contributed by atoms with E-state index in [1.165, 1.54) is 12.1 Å². The van der Waals surface area contributed by atoms with Gasteiger partial charge in [-0.05, 0) is 31.9 Å². The summed E-state index contributed by atoms with van der Waals surface area (Å²) < 4.78 is 18.3. The van der Waals surface area contributed by atoms with Crippen LogP contribution in [0.5, 0.6) is 5.75 Å². The Morgan fingerprint density at radius 3 is 2.62 bits per heavy atom. The quantitative estimate of drug-likeness (QED) is 0.697. The zero-order valence-electron chi connectivity index (χ0n) is 8.30. The van der Waals surface area contributed by atoms with Crippen LogP contribution in [0.1, 0.15) is 26.3 Å². The third-order valence-electron chi connectivity index (χ3n) is 1.77. The van der Waals surface area contributed by atoms with E-state index < -0.39 is 0 Å². The zero-order valence-corrected chi connectivity index (χ0v) is 8.30. The average Bonchev–Trinajstić information content (AvgIpc) is 2.03. The molecule has 13 heavy (non-hydrogen) atoms. The highest BCUT2D eigenvalue weighted by molar-refractivity contribution is 5.34. The minimum atomic E-state index is -0.243. The van der Waals surface area contributed by atoms with E-state index in [1.54, 1.807) is 6.07 Å². The summed E-state index contributed by atoms with van der Waals surface area (Å²) in [6, 6.07) is 4.68. The first-order valence-corrected chi connectivity index (χ1v) is 4.58. The van der Waals surface area contributed by atoms with Gasteiger partial charge in [0.15, 0.2) is 0 Å². The van der Waals surface area contributed by atoms with Gasteiger partial charge >= 0.3 is 0 Å². The highest BCUT2D eigenvalue weighted by Gasteiger charge is 2.05. The van der Waals surface area contributed by atoms with E-state index in [2.05, 4.69) is 0 Å². The molecule has 0 bridgehead atoms. The highest BCUT2D eigenvalue weighted by Crippen LogP contribution is 2.21. The van der Waals surface area contributed by atoms with Crippen molar-refractivity contribution in [2.75, 3.05) is 0 Å². The lowest BCUT2D eigenvalue weighted by Crippen LogP contribution is -2.07. The van der Waals surface area contributed by atoms with Crippen LogP contribution in [0.2, 0.25) is 0 Å². The van der Waals surface area contributed by atoms with E-state index in [1.807, 2.05) is 20.8 Å². The Morgan fingerprint density at radius 2 is 2.08 bits per heavy atom. The smallest absolute Gasteiger partial charge is 0.126 e. The number of hydrogen-bond acceptors (Lipinski definition) is 1. The van der Waals surface area contributed by atoms with E-state index in [0.29, 0.717) is 5.75 Å². The summed E-state index contributed by atoms with van der Waals surface area (Å²) in [7, 11) is 0. The Morgan fingerprint density at radius 1 is 1.38 bits per heavy atom. The Balaban J connectivity index is 2.94. The lowest BCUT2D eigenvalue weighted by atomic mass is 10.1. The van der Waals surface area contributed by atoms with E-state index in [9.17, 15) is 4.39 Å². The van der Waals surface area contributed by atoms with Gasteiger partial charge in [0.25, 0.3) is 0 Å². The van der Waals surface area contributed by atoms with Crippen molar-refractivity contribution in [1.82, 2.24) is 0 Å². The third kappa shape index (κ3) is 2.72. The standard InChI is InChI=1S/C11H15FO/c1-4-9-5-6-10(12)7-11(9)13-8(2)3/h5-8H,4H2,1-3H3. The van der Waals surface area contributed by atoms with Crippen molar-refractivity contribution in [3.05, 3.63) is 29.6 Å². The van der Waals surface area contributed by atoms with Gasteiger partial charge in [0.1, 0.15) is 11.6 Å². The van der Waals surface area contributed by atoms with Crippen molar-refractivity contribution < 1.29 is 9.13 Å². The fourth-order valence-corrected chi connectivity index (χ4v) is 1.18. The van der Waals surface area contributed by atoms with Gasteiger partial charge in [0.05, 0.1) is 6.10 Å². The molecule has 1 rings (SSSR count). The van der Waals surface area contributed by atoms with Crippen LogP contribution in [0.25, 0.3) is 0 Å². The van der Waals surface area contributed by atoms with Gasteiger partial charge in [0.2, 0.25) is 0 Å². The molecule has 0 aliphatic heterocycles. The number of rotatable bonds is 3. The number of ether oxygens (including phenoxy) is 1. The van der Waals surface area contributed by atoms with E-state index in [0.717, 1.165) is 12.0 Å². The van der Waals surface area contributed by atoms with Gasteiger partial charge in [-0.25, -0.2) is 4.39 Å². The average molecular weight is 182 g/mol. The van der Waals surface area contributed by atoms with Gasteiger partial charge in [-0.2, -0.15) is 0 Å². The van der Waals surface area contributed by atoms with Crippen LogP contribution in [-0.4, -0.2) is 6.10 Å². The number of aryl methyl sites for hydroxylation is 1. The van der Waals surface area contributed by atoms with Gasteiger partial charge in [-0.1, -0.05) is 13.0 Å². The van der Waals surface area contributed by atoms with Crippen LogP contribution in [0.4, 0.5) is 4.39 Å². The topological polar surface area (TPSA) is 9.23 Å². The minimum Gasteiger partial charge on any atom is -0.491 e. The maximum absolute atomic E-state index is 12.9. The van der Waals surface area contributed by atoms with E-state index in [4.69, 9.17) is 4.74 Å². The van der Waals surface area contributed by atoms with Gasteiger partial charge < -0.3 is 4.74 Å². The van der Waals surface area contributed by atoms with Crippen molar-refractivity contribution in [2.45, 2.75) is 33.3 Å². The second-order valence-electron chi connectivity index (χ2n) is 3.27. The molecule has 0 saturated carbocycles. The molecule has 0 aliphatic rings. The van der Waals surface area contributed by atoms with Crippen molar-refractivity contribution in [3.63, 3.8) is 0 Å². The predicted molar refractivity (Wildman–Crippen MR) is 51.5 cm³/mol. The van der Waals surface area contributed by atoms with Crippen LogP contribution in [0.15, 0.2) is 18.2 Å².